The van der Waals surface area contributed by atoms with Crippen LogP contribution < -0.4 is 10.2 Å². The van der Waals surface area contributed by atoms with Crippen LogP contribution >= 0.6 is 0 Å². The number of hydrogen-bond donors (Lipinski definition) is 2. The molecule has 19 heavy (non-hydrogen) atoms. The third kappa shape index (κ3) is 3.42. The molecule has 2 N–H and O–H groups in total. The highest BCUT2D eigenvalue weighted by molar-refractivity contribution is 5.94. The number of ether oxygens (including phenoxy) is 1. The van der Waals surface area contributed by atoms with Gasteiger partial charge in [-0.25, -0.2) is 4.98 Å². The highest BCUT2D eigenvalue weighted by atomic mass is 16.5. The Morgan fingerprint density at radius 1 is 1.63 bits per heavy atom. The van der Waals surface area contributed by atoms with Crippen molar-refractivity contribution in [3.05, 3.63) is 23.9 Å². The monoisotopic (exact) mass is 265 g/mol. The Morgan fingerprint density at radius 2 is 2.42 bits per heavy atom. The average molecular weight is 265 g/mol. The summed E-state index contributed by atoms with van der Waals surface area (Å²) in [6, 6.07) is 3.36. The number of nitrogens with zero attached hydrogens (tertiary/aromatic N) is 2. The van der Waals surface area contributed by atoms with Gasteiger partial charge in [-0.15, -0.1) is 0 Å². The second-order valence-electron chi connectivity index (χ2n) is 5.01. The van der Waals surface area contributed by atoms with Crippen molar-refractivity contribution in [2.75, 3.05) is 38.8 Å². The molecule has 1 aliphatic rings. The molecule has 0 aliphatic carbocycles. The van der Waals surface area contributed by atoms with E-state index < -0.39 is 5.60 Å². The molecular weight excluding hydrogens is 246 g/mol. The van der Waals surface area contributed by atoms with Gasteiger partial charge in [0.25, 0.3) is 5.91 Å². The van der Waals surface area contributed by atoms with Gasteiger partial charge in [-0.3, -0.25) is 4.79 Å². The number of anilines is 1. The molecule has 1 aliphatic heterocycles. The Balaban J connectivity index is 1.98. The van der Waals surface area contributed by atoms with Gasteiger partial charge in [0.15, 0.2) is 0 Å². The quantitative estimate of drug-likeness (QED) is 0.803. The molecule has 1 atom stereocenters. The minimum absolute atomic E-state index is 0.200. The standard InChI is InChI=1S/C13H19N3O3/c1-16(2)11-7-10(3-5-14-11)12(17)15-8-13(18)4-6-19-9-13/h3,5,7,18H,4,6,8-9H2,1-2H3,(H,15,17). The summed E-state index contributed by atoms with van der Waals surface area (Å²) in [5.74, 6) is 0.501. The normalized spacial score (nSPS) is 22.3. The van der Waals surface area contributed by atoms with Crippen LogP contribution in [0.25, 0.3) is 0 Å². The molecule has 0 aromatic carbocycles. The van der Waals surface area contributed by atoms with Gasteiger partial charge in [-0.2, -0.15) is 0 Å². The summed E-state index contributed by atoms with van der Waals surface area (Å²) in [6.07, 6.45) is 2.14. The molecule has 1 unspecified atom stereocenters. The van der Waals surface area contributed by atoms with Crippen molar-refractivity contribution in [2.45, 2.75) is 12.0 Å². The molecule has 1 saturated heterocycles. The van der Waals surface area contributed by atoms with E-state index in [1.807, 2.05) is 19.0 Å². The van der Waals surface area contributed by atoms with Gasteiger partial charge in [-0.05, 0) is 12.1 Å². The molecule has 6 nitrogen and oxygen atoms in total. The van der Waals surface area contributed by atoms with Crippen molar-refractivity contribution in [3.8, 4) is 0 Å². The van der Waals surface area contributed by atoms with Gasteiger partial charge in [0, 0.05) is 45.4 Å². The lowest BCUT2D eigenvalue weighted by atomic mass is 10.0. The zero-order chi connectivity index (χ0) is 13.9. The fraction of sp³-hybridized carbons (Fsp3) is 0.538. The number of amides is 1. The molecule has 1 aromatic rings. The van der Waals surface area contributed by atoms with Crippen LogP contribution in [0, 0.1) is 0 Å². The highest BCUT2D eigenvalue weighted by Crippen LogP contribution is 2.17. The zero-order valence-corrected chi connectivity index (χ0v) is 11.2. The molecule has 1 fully saturated rings. The molecule has 2 rings (SSSR count). The summed E-state index contributed by atoms with van der Waals surface area (Å²) in [6.45, 7) is 1.00. The van der Waals surface area contributed by atoms with E-state index in [4.69, 9.17) is 4.74 Å². The van der Waals surface area contributed by atoms with Crippen LogP contribution in [0.4, 0.5) is 5.82 Å². The van der Waals surface area contributed by atoms with Gasteiger partial charge in [0.1, 0.15) is 11.4 Å². The molecular formula is C13H19N3O3. The minimum Gasteiger partial charge on any atom is -0.386 e. The maximum atomic E-state index is 12.0. The van der Waals surface area contributed by atoms with Crippen LogP contribution in [0.5, 0.6) is 0 Å². The molecule has 1 amide bonds. The van der Waals surface area contributed by atoms with Crippen molar-refractivity contribution < 1.29 is 14.6 Å². The molecule has 0 radical (unpaired) electrons. The first-order valence-electron chi connectivity index (χ1n) is 6.22. The number of rotatable bonds is 4. The first kappa shape index (κ1) is 13.8. The first-order chi connectivity index (χ1) is 9.00. The average Bonchev–Trinajstić information content (AvgIpc) is 2.83. The van der Waals surface area contributed by atoms with Gasteiger partial charge in [-0.1, -0.05) is 0 Å². The van der Waals surface area contributed by atoms with Crippen molar-refractivity contribution in [1.29, 1.82) is 0 Å². The Morgan fingerprint density at radius 3 is 3.05 bits per heavy atom. The number of carbonyl (C=O) groups is 1. The SMILES string of the molecule is CN(C)c1cc(C(=O)NCC2(O)CCOC2)ccn1. The fourth-order valence-electron chi connectivity index (χ4n) is 1.89. The van der Waals surface area contributed by atoms with Crippen molar-refractivity contribution in [3.63, 3.8) is 0 Å². The van der Waals surface area contributed by atoms with E-state index in [9.17, 15) is 9.90 Å². The van der Waals surface area contributed by atoms with E-state index in [0.717, 1.165) is 5.82 Å². The lowest BCUT2D eigenvalue weighted by Crippen LogP contribution is -2.43. The zero-order valence-electron chi connectivity index (χ0n) is 11.2. The number of nitrogens with one attached hydrogen (secondary N) is 1. The van der Waals surface area contributed by atoms with Crippen molar-refractivity contribution in [1.82, 2.24) is 10.3 Å². The van der Waals surface area contributed by atoms with E-state index in [1.165, 1.54) is 0 Å². The summed E-state index contributed by atoms with van der Waals surface area (Å²) in [4.78, 5) is 18.0. The summed E-state index contributed by atoms with van der Waals surface area (Å²) in [7, 11) is 3.73. The van der Waals surface area contributed by atoms with E-state index in [-0.39, 0.29) is 19.1 Å². The maximum absolute atomic E-state index is 12.0. The van der Waals surface area contributed by atoms with Gasteiger partial charge in [0.2, 0.25) is 0 Å². The maximum Gasteiger partial charge on any atom is 0.251 e. The Bertz CT molecular complexity index is 456. The van der Waals surface area contributed by atoms with Gasteiger partial charge < -0.3 is 20.1 Å². The number of aliphatic hydroxyl groups is 1. The fourth-order valence-corrected chi connectivity index (χ4v) is 1.89. The Kier molecular flexibility index (Phi) is 4.01. The predicted molar refractivity (Wildman–Crippen MR) is 71.3 cm³/mol. The van der Waals surface area contributed by atoms with Crippen LogP contribution in [0.15, 0.2) is 18.3 Å². The van der Waals surface area contributed by atoms with Crippen LogP contribution in [-0.2, 0) is 4.74 Å². The molecule has 0 saturated carbocycles. The topological polar surface area (TPSA) is 74.7 Å². The molecule has 1 aromatic heterocycles. The smallest absolute Gasteiger partial charge is 0.251 e. The predicted octanol–water partition coefficient (Wildman–Crippen LogP) is 0.0288. The summed E-state index contributed by atoms with van der Waals surface area (Å²) >= 11 is 0. The van der Waals surface area contributed by atoms with E-state index in [2.05, 4.69) is 10.3 Å². The number of aromatic nitrogens is 1. The second kappa shape index (κ2) is 5.54. The van der Waals surface area contributed by atoms with E-state index in [0.29, 0.717) is 18.6 Å². The Hall–Kier alpha value is -1.66. The number of hydrogen-bond acceptors (Lipinski definition) is 5. The third-order valence-corrected chi connectivity index (χ3v) is 3.13. The summed E-state index contributed by atoms with van der Waals surface area (Å²) < 4.78 is 5.13. The van der Waals surface area contributed by atoms with E-state index >= 15 is 0 Å². The van der Waals surface area contributed by atoms with Crippen LogP contribution in [0.2, 0.25) is 0 Å². The van der Waals surface area contributed by atoms with Crippen molar-refractivity contribution in [2.24, 2.45) is 0 Å². The lowest BCUT2D eigenvalue weighted by Gasteiger charge is -2.20. The minimum atomic E-state index is -0.937. The molecule has 104 valence electrons. The third-order valence-electron chi connectivity index (χ3n) is 3.13. The number of carbonyl (C=O) groups excluding carboxylic acids is 1. The van der Waals surface area contributed by atoms with Crippen LogP contribution in [0.1, 0.15) is 16.8 Å². The number of pyridine rings is 1. The molecule has 2 heterocycles. The summed E-state index contributed by atoms with van der Waals surface area (Å²) in [5, 5.41) is 12.8. The highest BCUT2D eigenvalue weighted by Gasteiger charge is 2.32. The largest absolute Gasteiger partial charge is 0.386 e. The molecule has 0 bridgehead atoms. The van der Waals surface area contributed by atoms with Crippen molar-refractivity contribution >= 4 is 11.7 Å². The second-order valence-corrected chi connectivity index (χ2v) is 5.01. The first-order valence-corrected chi connectivity index (χ1v) is 6.22. The lowest BCUT2D eigenvalue weighted by molar-refractivity contribution is 0.0264. The van der Waals surface area contributed by atoms with Gasteiger partial charge >= 0.3 is 0 Å². The molecule has 0 spiro atoms. The van der Waals surface area contributed by atoms with Crippen LogP contribution in [0.3, 0.4) is 0 Å². The summed E-state index contributed by atoms with van der Waals surface area (Å²) in [5.41, 5.74) is -0.409. The molecule has 6 heteroatoms. The Labute approximate surface area is 112 Å². The van der Waals surface area contributed by atoms with Gasteiger partial charge in [0.05, 0.1) is 6.61 Å². The van der Waals surface area contributed by atoms with Crippen LogP contribution in [-0.4, -0.2) is 55.5 Å². The van der Waals surface area contributed by atoms with E-state index in [1.54, 1.807) is 18.3 Å².